The third-order valence-corrected chi connectivity index (χ3v) is 3.57. The fourth-order valence-electron chi connectivity index (χ4n) is 1.94. The molecule has 0 bridgehead atoms. The van der Waals surface area contributed by atoms with Gasteiger partial charge in [0, 0.05) is 10.7 Å². The largest absolute Gasteiger partial charge is 0.380 e. The molecule has 5 nitrogen and oxygen atoms in total. The van der Waals surface area contributed by atoms with Gasteiger partial charge in [0.15, 0.2) is 0 Å². The molecule has 2 heterocycles. The maximum absolute atomic E-state index is 10.5. The number of pyridine rings is 1. The summed E-state index contributed by atoms with van der Waals surface area (Å²) in [7, 11) is 0. The maximum Gasteiger partial charge on any atom is 0.141 e. The lowest BCUT2D eigenvalue weighted by Crippen LogP contribution is -2.10. The summed E-state index contributed by atoms with van der Waals surface area (Å²) >= 11 is 3.39. The van der Waals surface area contributed by atoms with Crippen LogP contribution >= 0.6 is 15.9 Å². The van der Waals surface area contributed by atoms with Gasteiger partial charge in [0.05, 0.1) is 23.3 Å². The fraction of sp³-hybridized carbons (Fsp3) is 0.0714. The quantitative estimate of drug-likeness (QED) is 0.801. The van der Waals surface area contributed by atoms with E-state index in [-0.39, 0.29) is 0 Å². The van der Waals surface area contributed by atoms with Crippen LogP contribution in [0.5, 0.6) is 0 Å². The first kappa shape index (κ1) is 13.0. The summed E-state index contributed by atoms with van der Waals surface area (Å²) in [5.74, 6) is 0. The van der Waals surface area contributed by atoms with E-state index in [1.54, 1.807) is 23.1 Å². The zero-order chi connectivity index (χ0) is 13.9. The predicted octanol–water partition coefficient (Wildman–Crippen LogP) is 2.51. The second kappa shape index (κ2) is 5.52. The highest BCUT2D eigenvalue weighted by Gasteiger charge is 2.20. The number of rotatable bonds is 3. The Hall–Kier alpha value is -2.05. The van der Waals surface area contributed by atoms with Crippen molar-refractivity contribution in [3.05, 3.63) is 70.7 Å². The van der Waals surface area contributed by atoms with Gasteiger partial charge in [-0.15, -0.1) is 5.10 Å². The Bertz CT molecular complexity index is 714. The lowest BCUT2D eigenvalue weighted by Gasteiger charge is -2.13. The van der Waals surface area contributed by atoms with Crippen LogP contribution in [-0.4, -0.2) is 25.1 Å². The SMILES string of the molecule is OC(c1ncccc1Br)c1cnnn1-c1ccccc1. The molecule has 0 aliphatic heterocycles. The highest BCUT2D eigenvalue weighted by Crippen LogP contribution is 2.26. The number of halogens is 1. The van der Waals surface area contributed by atoms with E-state index in [2.05, 4.69) is 31.2 Å². The number of aliphatic hydroxyl groups is 1. The minimum Gasteiger partial charge on any atom is -0.380 e. The van der Waals surface area contributed by atoms with E-state index >= 15 is 0 Å². The number of hydrogen-bond donors (Lipinski definition) is 1. The molecule has 0 saturated heterocycles. The normalized spacial score (nSPS) is 12.3. The minimum atomic E-state index is -0.902. The van der Waals surface area contributed by atoms with Crippen LogP contribution in [0.4, 0.5) is 0 Å². The van der Waals surface area contributed by atoms with Crippen molar-refractivity contribution in [3.8, 4) is 5.69 Å². The summed E-state index contributed by atoms with van der Waals surface area (Å²) < 4.78 is 2.35. The Morgan fingerprint density at radius 2 is 1.90 bits per heavy atom. The summed E-state index contributed by atoms with van der Waals surface area (Å²) in [6.45, 7) is 0. The van der Waals surface area contributed by atoms with Crippen LogP contribution in [0, 0.1) is 0 Å². The Balaban J connectivity index is 2.04. The zero-order valence-electron chi connectivity index (χ0n) is 10.4. The highest BCUT2D eigenvalue weighted by molar-refractivity contribution is 9.10. The van der Waals surface area contributed by atoms with Gasteiger partial charge in [-0.1, -0.05) is 23.4 Å². The Kier molecular flexibility index (Phi) is 3.58. The second-order valence-electron chi connectivity index (χ2n) is 4.18. The molecule has 1 unspecified atom stereocenters. The van der Waals surface area contributed by atoms with Crippen LogP contribution in [0.15, 0.2) is 59.3 Å². The van der Waals surface area contributed by atoms with Crippen molar-refractivity contribution in [2.45, 2.75) is 6.10 Å². The summed E-state index contributed by atoms with van der Waals surface area (Å²) in [4.78, 5) is 4.20. The van der Waals surface area contributed by atoms with Gasteiger partial charge in [-0.25, -0.2) is 4.68 Å². The number of aromatic nitrogens is 4. The molecular formula is C14H11BrN4O. The van der Waals surface area contributed by atoms with Gasteiger partial charge < -0.3 is 5.11 Å². The van der Waals surface area contributed by atoms with Gasteiger partial charge in [0.1, 0.15) is 6.10 Å². The summed E-state index contributed by atoms with van der Waals surface area (Å²) in [6, 6.07) is 13.2. The van der Waals surface area contributed by atoms with Crippen LogP contribution in [0.1, 0.15) is 17.5 Å². The van der Waals surface area contributed by atoms with Gasteiger partial charge in [0.2, 0.25) is 0 Å². The number of benzene rings is 1. The van der Waals surface area contributed by atoms with Crippen molar-refractivity contribution in [2.24, 2.45) is 0 Å². The first-order valence-electron chi connectivity index (χ1n) is 6.02. The molecule has 0 aliphatic rings. The minimum absolute atomic E-state index is 0.534. The standard InChI is InChI=1S/C14H11BrN4O/c15-11-7-4-8-16-13(11)14(20)12-9-17-18-19(12)10-5-2-1-3-6-10/h1-9,14,20H. The third-order valence-electron chi connectivity index (χ3n) is 2.90. The fourth-order valence-corrected chi connectivity index (χ4v) is 2.41. The van der Waals surface area contributed by atoms with Crippen LogP contribution in [0.3, 0.4) is 0 Å². The van der Waals surface area contributed by atoms with Crippen molar-refractivity contribution in [1.29, 1.82) is 0 Å². The lowest BCUT2D eigenvalue weighted by atomic mass is 10.1. The Morgan fingerprint density at radius 1 is 1.10 bits per heavy atom. The van der Waals surface area contributed by atoms with Gasteiger partial charge in [-0.2, -0.15) is 0 Å². The smallest absolute Gasteiger partial charge is 0.141 e. The summed E-state index contributed by atoms with van der Waals surface area (Å²) in [5.41, 5.74) is 1.94. The molecule has 3 aromatic rings. The van der Waals surface area contributed by atoms with Crippen molar-refractivity contribution in [3.63, 3.8) is 0 Å². The summed E-state index contributed by atoms with van der Waals surface area (Å²) in [6.07, 6.45) is 2.28. The Labute approximate surface area is 124 Å². The van der Waals surface area contributed by atoms with Crippen LogP contribution in [-0.2, 0) is 0 Å². The lowest BCUT2D eigenvalue weighted by molar-refractivity contribution is 0.206. The number of hydrogen-bond acceptors (Lipinski definition) is 4. The first-order chi connectivity index (χ1) is 9.77. The van der Waals surface area contributed by atoms with Gasteiger partial charge in [-0.3, -0.25) is 4.98 Å². The molecule has 1 atom stereocenters. The monoisotopic (exact) mass is 330 g/mol. The van der Waals surface area contributed by atoms with E-state index in [4.69, 9.17) is 0 Å². The average molecular weight is 331 g/mol. The van der Waals surface area contributed by atoms with Crippen molar-refractivity contribution in [1.82, 2.24) is 20.0 Å². The first-order valence-corrected chi connectivity index (χ1v) is 6.81. The zero-order valence-corrected chi connectivity index (χ0v) is 12.0. The van der Waals surface area contributed by atoms with Gasteiger partial charge in [-0.05, 0) is 40.2 Å². The number of aliphatic hydroxyl groups excluding tert-OH is 1. The molecule has 0 amide bonds. The number of para-hydroxylation sites is 1. The molecule has 0 radical (unpaired) electrons. The van der Waals surface area contributed by atoms with Crippen molar-refractivity contribution in [2.75, 3.05) is 0 Å². The van der Waals surface area contributed by atoms with E-state index in [9.17, 15) is 5.11 Å². The molecule has 1 N–H and O–H groups in total. The molecule has 100 valence electrons. The Morgan fingerprint density at radius 3 is 2.65 bits per heavy atom. The molecule has 6 heteroatoms. The van der Waals surface area contributed by atoms with E-state index in [0.717, 1.165) is 10.2 Å². The third kappa shape index (κ3) is 2.35. The predicted molar refractivity (Wildman–Crippen MR) is 77.4 cm³/mol. The molecular weight excluding hydrogens is 320 g/mol. The average Bonchev–Trinajstić information content (AvgIpc) is 2.97. The molecule has 1 aromatic carbocycles. The van der Waals surface area contributed by atoms with E-state index in [0.29, 0.717) is 11.4 Å². The van der Waals surface area contributed by atoms with Crippen molar-refractivity contribution < 1.29 is 5.11 Å². The topological polar surface area (TPSA) is 63.8 Å². The summed E-state index contributed by atoms with van der Waals surface area (Å²) in [5, 5.41) is 18.4. The molecule has 0 fully saturated rings. The molecule has 0 aliphatic carbocycles. The maximum atomic E-state index is 10.5. The highest BCUT2D eigenvalue weighted by atomic mass is 79.9. The molecule has 2 aromatic heterocycles. The van der Waals surface area contributed by atoms with E-state index in [1.165, 1.54) is 0 Å². The van der Waals surface area contributed by atoms with E-state index in [1.807, 2.05) is 36.4 Å². The number of nitrogens with zero attached hydrogens (tertiary/aromatic N) is 4. The van der Waals surface area contributed by atoms with Gasteiger partial charge in [0.25, 0.3) is 0 Å². The van der Waals surface area contributed by atoms with Crippen LogP contribution in [0.25, 0.3) is 5.69 Å². The molecule has 0 spiro atoms. The van der Waals surface area contributed by atoms with Crippen LogP contribution < -0.4 is 0 Å². The van der Waals surface area contributed by atoms with Crippen LogP contribution in [0.2, 0.25) is 0 Å². The second-order valence-corrected chi connectivity index (χ2v) is 5.03. The van der Waals surface area contributed by atoms with Crippen molar-refractivity contribution >= 4 is 15.9 Å². The van der Waals surface area contributed by atoms with Gasteiger partial charge >= 0.3 is 0 Å². The molecule has 0 saturated carbocycles. The van der Waals surface area contributed by atoms with E-state index < -0.39 is 6.10 Å². The molecule has 20 heavy (non-hydrogen) atoms. The molecule has 3 rings (SSSR count).